The van der Waals surface area contributed by atoms with Crippen LogP contribution in [0.1, 0.15) is 25.7 Å². The van der Waals surface area contributed by atoms with E-state index in [1.165, 1.54) is 0 Å². The minimum Gasteiger partial charge on any atom is -0.480 e. The Balaban J connectivity index is 4.92. The lowest BCUT2D eigenvalue weighted by Crippen LogP contribution is -2.54. The summed E-state index contributed by atoms with van der Waals surface area (Å²) in [5.41, 5.74) is 10.6. The first-order chi connectivity index (χ1) is 20.5. The van der Waals surface area contributed by atoms with Crippen molar-refractivity contribution in [1.82, 2.24) is 21.3 Å². The predicted octanol–water partition coefficient (Wildman–Crippen LogP) is -5.16. The van der Waals surface area contributed by atoms with E-state index in [9.17, 15) is 58.8 Å². The van der Waals surface area contributed by atoms with Crippen LogP contribution in [0.4, 0.5) is 0 Å². The molecule has 0 heterocycles. The van der Waals surface area contributed by atoms with Crippen molar-refractivity contribution < 1.29 is 69.0 Å². The van der Waals surface area contributed by atoms with Crippen molar-refractivity contribution in [2.75, 3.05) is 24.7 Å². The first-order valence-corrected chi connectivity index (χ1v) is 15.1. The molecule has 20 nitrogen and oxygen atoms in total. The molecule has 6 atom stereocenters. The number of carbonyl (C=O) groups is 8. The fourth-order valence-electron chi connectivity index (χ4n) is 2.87. The number of hydrogen-bond acceptors (Lipinski definition) is 14. The minimum atomic E-state index is -1.57. The Hall–Kier alpha value is -3.70. The van der Waals surface area contributed by atoms with Crippen LogP contribution >= 0.6 is 21.6 Å². The van der Waals surface area contributed by atoms with Gasteiger partial charge in [-0.1, -0.05) is 21.6 Å². The Bertz CT molecular complexity index is 971. The third-order valence-electron chi connectivity index (χ3n) is 5.45. The Morgan fingerprint density at radius 2 is 0.841 bits per heavy atom. The number of amides is 4. The van der Waals surface area contributed by atoms with E-state index >= 15 is 0 Å². The van der Waals surface area contributed by atoms with Gasteiger partial charge < -0.3 is 63.4 Å². The molecule has 0 unspecified atom stereocenters. The van der Waals surface area contributed by atoms with Gasteiger partial charge in [0.15, 0.2) is 0 Å². The van der Waals surface area contributed by atoms with Gasteiger partial charge in [0.1, 0.15) is 36.3 Å². The fourth-order valence-corrected chi connectivity index (χ4v) is 5.18. The van der Waals surface area contributed by atoms with Crippen LogP contribution in [-0.2, 0) is 38.4 Å². The van der Waals surface area contributed by atoms with Crippen LogP contribution in [0.3, 0.4) is 0 Å². The van der Waals surface area contributed by atoms with E-state index in [1.54, 1.807) is 0 Å². The fraction of sp³-hybridized carbons (Fsp3) is 0.636. The maximum Gasteiger partial charge on any atom is 0.327 e. The highest BCUT2D eigenvalue weighted by Crippen LogP contribution is 2.23. The standard InChI is InChI=1S/C22H36N6O14S2/c23-9(19(35)36)1-3-15(31)25-11(5-29)17(33)27-13(21(39)40)7-43-44-8-14(22(41)42)28-18(34)12(6-30)26-16(32)4-2-10(24)20(37)38/h9-14,29-30H,1-8,23-24H2,(H,25,31)(H,26,32)(H,27,33)(H,28,34)(H,35,36)(H,37,38)(H,39,40)(H,41,42)/t9-,10-,11-,12-,13-,14-/m0/s1. The molecule has 0 aliphatic rings. The van der Waals surface area contributed by atoms with Crippen LogP contribution in [0.15, 0.2) is 0 Å². The van der Waals surface area contributed by atoms with Gasteiger partial charge in [-0.3, -0.25) is 28.8 Å². The molecule has 0 aromatic rings. The molecule has 0 saturated heterocycles. The van der Waals surface area contributed by atoms with E-state index in [0.29, 0.717) is 0 Å². The van der Waals surface area contributed by atoms with E-state index in [-0.39, 0.29) is 37.2 Å². The van der Waals surface area contributed by atoms with Crippen LogP contribution in [0, 0.1) is 0 Å². The highest BCUT2D eigenvalue weighted by atomic mass is 33.1. The van der Waals surface area contributed by atoms with Crippen LogP contribution in [0.25, 0.3) is 0 Å². The van der Waals surface area contributed by atoms with Crippen molar-refractivity contribution in [3.63, 3.8) is 0 Å². The molecule has 0 spiro atoms. The Labute approximate surface area is 257 Å². The van der Waals surface area contributed by atoms with Gasteiger partial charge >= 0.3 is 23.9 Å². The molecule has 22 heteroatoms. The average Bonchev–Trinajstić information content (AvgIpc) is 2.95. The number of carbonyl (C=O) groups excluding carboxylic acids is 4. The van der Waals surface area contributed by atoms with Gasteiger partial charge in [-0.15, -0.1) is 0 Å². The number of carboxylic acids is 4. The lowest BCUT2D eigenvalue weighted by Gasteiger charge is -2.21. The maximum absolute atomic E-state index is 12.4. The molecule has 0 rings (SSSR count). The zero-order valence-corrected chi connectivity index (χ0v) is 24.7. The van der Waals surface area contributed by atoms with E-state index < -0.39 is 97.0 Å². The van der Waals surface area contributed by atoms with Gasteiger partial charge in [0.2, 0.25) is 23.6 Å². The van der Waals surface area contributed by atoms with Gasteiger partial charge in [-0.25, -0.2) is 9.59 Å². The lowest BCUT2D eigenvalue weighted by atomic mass is 10.1. The molecular weight excluding hydrogens is 636 g/mol. The zero-order chi connectivity index (χ0) is 34.0. The van der Waals surface area contributed by atoms with Gasteiger partial charge in [-0.2, -0.15) is 0 Å². The second-order valence-corrected chi connectivity index (χ2v) is 11.5. The number of nitrogens with one attached hydrogen (secondary N) is 4. The predicted molar refractivity (Wildman–Crippen MR) is 152 cm³/mol. The number of aliphatic carboxylic acids is 4. The van der Waals surface area contributed by atoms with Crippen molar-refractivity contribution in [3.8, 4) is 0 Å². The summed E-state index contributed by atoms with van der Waals surface area (Å²) < 4.78 is 0. The molecule has 4 amide bonds. The molecule has 0 saturated carbocycles. The Morgan fingerprint density at radius 3 is 1.09 bits per heavy atom. The second-order valence-electron chi connectivity index (χ2n) is 8.94. The summed E-state index contributed by atoms with van der Waals surface area (Å²) in [6.45, 7) is -1.83. The number of aliphatic hydroxyl groups excluding tert-OH is 2. The third-order valence-corrected chi connectivity index (χ3v) is 7.87. The monoisotopic (exact) mass is 672 g/mol. The van der Waals surface area contributed by atoms with Crippen molar-refractivity contribution in [3.05, 3.63) is 0 Å². The first-order valence-electron chi connectivity index (χ1n) is 12.6. The average molecular weight is 673 g/mol. The minimum absolute atomic E-state index is 0.261. The number of nitrogens with two attached hydrogens (primary N) is 2. The highest BCUT2D eigenvalue weighted by molar-refractivity contribution is 8.76. The van der Waals surface area contributed by atoms with Crippen molar-refractivity contribution in [2.45, 2.75) is 61.9 Å². The molecule has 0 fully saturated rings. The van der Waals surface area contributed by atoms with Crippen molar-refractivity contribution in [1.29, 1.82) is 0 Å². The number of aliphatic hydroxyl groups is 2. The van der Waals surface area contributed by atoms with Crippen LogP contribution in [-0.4, -0.2) is 139 Å². The summed E-state index contributed by atoms with van der Waals surface area (Å²) in [7, 11) is 1.59. The van der Waals surface area contributed by atoms with E-state index in [1.807, 2.05) is 0 Å². The Kier molecular flexibility index (Phi) is 19.3. The summed E-state index contributed by atoms with van der Waals surface area (Å²) in [5.74, 6) is -10.1. The summed E-state index contributed by atoms with van der Waals surface area (Å²) in [6.07, 6.45) is -1.30. The molecule has 0 aliphatic heterocycles. The summed E-state index contributed by atoms with van der Waals surface area (Å²) in [5, 5.41) is 63.7. The quantitative estimate of drug-likeness (QED) is 0.0356. The molecule has 14 N–H and O–H groups in total. The highest BCUT2D eigenvalue weighted by Gasteiger charge is 2.29. The normalized spacial score (nSPS) is 14.9. The van der Waals surface area contributed by atoms with E-state index in [2.05, 4.69) is 21.3 Å². The molecule has 0 aromatic heterocycles. The van der Waals surface area contributed by atoms with Crippen LogP contribution in [0.2, 0.25) is 0 Å². The van der Waals surface area contributed by atoms with Gasteiger partial charge in [-0.05, 0) is 12.8 Å². The van der Waals surface area contributed by atoms with Gasteiger partial charge in [0, 0.05) is 24.3 Å². The SMILES string of the molecule is N[C@@H](CCC(=O)N[C@@H](CO)C(=O)N[C@@H](CSSC[C@H](NC(=O)[C@H](CO)NC(=O)CC[C@H](N)C(=O)O)C(=O)O)C(=O)O)C(=O)O. The van der Waals surface area contributed by atoms with Crippen molar-refractivity contribution in [2.24, 2.45) is 11.5 Å². The molecule has 0 aromatic carbocycles. The van der Waals surface area contributed by atoms with Gasteiger partial charge in [0.05, 0.1) is 13.2 Å². The summed E-state index contributed by atoms with van der Waals surface area (Å²) in [4.78, 5) is 93.4. The molecule has 0 bridgehead atoms. The summed E-state index contributed by atoms with van der Waals surface area (Å²) >= 11 is 0. The van der Waals surface area contributed by atoms with Crippen LogP contribution < -0.4 is 32.7 Å². The molecular formula is C22H36N6O14S2. The topological polar surface area (TPSA) is 358 Å². The number of hydrogen-bond donors (Lipinski definition) is 12. The first kappa shape index (κ1) is 40.3. The molecule has 250 valence electrons. The van der Waals surface area contributed by atoms with Crippen LogP contribution in [0.5, 0.6) is 0 Å². The zero-order valence-electron chi connectivity index (χ0n) is 23.0. The molecule has 44 heavy (non-hydrogen) atoms. The number of rotatable bonds is 23. The molecule has 0 radical (unpaired) electrons. The lowest BCUT2D eigenvalue weighted by molar-refractivity contribution is -0.142. The Morgan fingerprint density at radius 1 is 0.523 bits per heavy atom. The van der Waals surface area contributed by atoms with Gasteiger partial charge in [0.25, 0.3) is 0 Å². The van der Waals surface area contributed by atoms with Crippen molar-refractivity contribution >= 4 is 69.1 Å². The van der Waals surface area contributed by atoms with E-state index in [0.717, 1.165) is 21.6 Å². The van der Waals surface area contributed by atoms with E-state index in [4.69, 9.17) is 21.7 Å². The smallest absolute Gasteiger partial charge is 0.327 e. The summed E-state index contributed by atoms with van der Waals surface area (Å²) in [6, 6.07) is -8.92. The maximum atomic E-state index is 12.4. The largest absolute Gasteiger partial charge is 0.480 e. The number of carboxylic acid groups (broad SMARTS) is 4. The second kappa shape index (κ2) is 21.1. The third kappa shape index (κ3) is 16.2. The molecule has 0 aliphatic carbocycles.